The molecule has 3 heterocycles. The van der Waals surface area contributed by atoms with E-state index in [1.807, 2.05) is 54.6 Å². The average Bonchev–Trinajstić information content (AvgIpc) is 3.84. The molecule has 12 heteroatoms. The van der Waals surface area contributed by atoms with Gasteiger partial charge >= 0.3 is 0 Å². The zero-order chi connectivity index (χ0) is 30.5. The quantitative estimate of drug-likeness (QED) is 0.210. The predicted octanol–water partition coefficient (Wildman–Crippen LogP) is 5.41. The minimum atomic E-state index is -0.403. The van der Waals surface area contributed by atoms with Gasteiger partial charge in [-0.25, -0.2) is 9.40 Å². The Morgan fingerprint density at radius 3 is 2.48 bits per heavy atom. The summed E-state index contributed by atoms with van der Waals surface area (Å²) < 4.78 is 26.0. The molecule has 2 aromatic heterocycles. The minimum absolute atomic E-state index is 0.0147. The highest BCUT2D eigenvalue weighted by Crippen LogP contribution is 2.34. The van der Waals surface area contributed by atoms with Gasteiger partial charge in [0.15, 0.2) is 16.7 Å². The van der Waals surface area contributed by atoms with Crippen molar-refractivity contribution in [3.63, 3.8) is 0 Å². The molecule has 44 heavy (non-hydrogen) atoms. The Bertz CT molecular complexity index is 1770. The third kappa shape index (κ3) is 6.25. The van der Waals surface area contributed by atoms with Gasteiger partial charge in [-0.2, -0.15) is 5.10 Å². The molecule has 0 spiro atoms. The second-order valence-corrected chi connectivity index (χ2v) is 10.7. The van der Waals surface area contributed by atoms with Crippen molar-refractivity contribution in [3.8, 4) is 11.4 Å². The van der Waals surface area contributed by atoms with Crippen LogP contribution in [0.5, 0.6) is 5.75 Å². The maximum atomic E-state index is 13.7. The van der Waals surface area contributed by atoms with E-state index in [1.165, 1.54) is 35.2 Å². The number of amides is 2. The molecule has 222 valence electrons. The molecule has 1 N–H and O–H groups in total. The van der Waals surface area contributed by atoms with Gasteiger partial charge in [-0.3, -0.25) is 14.2 Å². The number of nitrogens with one attached hydrogen (secondary N) is 1. The second-order valence-electron chi connectivity index (χ2n) is 9.80. The maximum Gasteiger partial charge on any atom is 0.287 e. The lowest BCUT2D eigenvalue weighted by atomic mass is 9.98. The topological polar surface area (TPSA) is 115 Å². The van der Waals surface area contributed by atoms with Gasteiger partial charge in [-0.05, 0) is 71.8 Å². The first kappa shape index (κ1) is 28.9. The molecule has 6 rings (SSSR count). The summed E-state index contributed by atoms with van der Waals surface area (Å²) in [6.45, 7) is 0.0875. The molecule has 3 aromatic carbocycles. The third-order valence-corrected chi connectivity index (χ3v) is 7.95. The summed E-state index contributed by atoms with van der Waals surface area (Å²) in [6.07, 6.45) is 1.90. The van der Waals surface area contributed by atoms with Gasteiger partial charge in [0.2, 0.25) is 0 Å². The number of hydrogen-bond acceptors (Lipinski definition) is 8. The number of nitrogens with zero attached hydrogens (tertiary/aromatic N) is 5. The van der Waals surface area contributed by atoms with E-state index in [1.54, 1.807) is 35.9 Å². The van der Waals surface area contributed by atoms with Crippen molar-refractivity contribution < 1.29 is 23.1 Å². The summed E-state index contributed by atoms with van der Waals surface area (Å²) in [7, 11) is 1.60. The number of para-hydroxylation sites is 1. The Morgan fingerprint density at radius 2 is 1.77 bits per heavy atom. The van der Waals surface area contributed by atoms with Gasteiger partial charge in [0.1, 0.15) is 11.6 Å². The minimum Gasteiger partial charge on any atom is -0.497 e. The summed E-state index contributed by atoms with van der Waals surface area (Å²) in [5.74, 6) is 0.419. The molecular formula is C32H27FN6O4S. The molecule has 0 saturated carbocycles. The van der Waals surface area contributed by atoms with Crippen LogP contribution in [0.15, 0.2) is 112 Å². The van der Waals surface area contributed by atoms with E-state index in [0.717, 1.165) is 22.5 Å². The van der Waals surface area contributed by atoms with Crippen LogP contribution in [-0.4, -0.2) is 50.2 Å². The first-order valence-electron chi connectivity index (χ1n) is 13.7. The third-order valence-electron chi connectivity index (χ3n) is 7.04. The normalized spacial score (nSPS) is 14.4. The number of furan rings is 1. The smallest absolute Gasteiger partial charge is 0.287 e. The van der Waals surface area contributed by atoms with Crippen LogP contribution in [0.2, 0.25) is 0 Å². The van der Waals surface area contributed by atoms with E-state index < -0.39 is 6.04 Å². The molecule has 0 aliphatic carbocycles. The molecule has 2 amide bonds. The number of rotatable bonds is 10. The largest absolute Gasteiger partial charge is 0.497 e. The van der Waals surface area contributed by atoms with Crippen molar-refractivity contribution in [2.24, 2.45) is 5.10 Å². The maximum absolute atomic E-state index is 13.7. The van der Waals surface area contributed by atoms with Crippen LogP contribution >= 0.6 is 11.8 Å². The number of halogens is 1. The zero-order valence-corrected chi connectivity index (χ0v) is 24.4. The van der Waals surface area contributed by atoms with E-state index in [-0.39, 0.29) is 35.7 Å². The summed E-state index contributed by atoms with van der Waals surface area (Å²) in [6, 6.07) is 25.9. The lowest BCUT2D eigenvalue weighted by molar-refractivity contribution is -0.130. The van der Waals surface area contributed by atoms with Crippen molar-refractivity contribution in [2.45, 2.75) is 24.2 Å². The highest BCUT2D eigenvalue weighted by atomic mass is 32.2. The van der Waals surface area contributed by atoms with Crippen molar-refractivity contribution >= 4 is 29.3 Å². The number of hydrogen-bond donors (Lipinski definition) is 1. The Kier molecular flexibility index (Phi) is 8.50. The van der Waals surface area contributed by atoms with Gasteiger partial charge in [0, 0.05) is 12.1 Å². The summed E-state index contributed by atoms with van der Waals surface area (Å²) >= 11 is 1.21. The van der Waals surface area contributed by atoms with Gasteiger partial charge < -0.3 is 14.5 Å². The molecular weight excluding hydrogens is 583 g/mol. The molecule has 1 atom stereocenters. The van der Waals surface area contributed by atoms with Crippen LogP contribution in [0.1, 0.15) is 40.0 Å². The molecule has 0 fully saturated rings. The molecule has 0 radical (unpaired) electrons. The van der Waals surface area contributed by atoms with E-state index in [9.17, 15) is 14.0 Å². The number of hydrazone groups is 1. The lowest BCUT2D eigenvalue weighted by Gasteiger charge is -2.22. The average molecular weight is 611 g/mol. The predicted molar refractivity (Wildman–Crippen MR) is 162 cm³/mol. The van der Waals surface area contributed by atoms with E-state index in [4.69, 9.17) is 14.3 Å². The van der Waals surface area contributed by atoms with Crippen LogP contribution in [0.25, 0.3) is 5.69 Å². The number of methoxy groups -OCH3 is 1. The summed E-state index contributed by atoms with van der Waals surface area (Å²) in [5.41, 5.74) is 3.16. The highest BCUT2D eigenvalue weighted by molar-refractivity contribution is 7.99. The van der Waals surface area contributed by atoms with E-state index in [0.29, 0.717) is 23.2 Å². The van der Waals surface area contributed by atoms with E-state index in [2.05, 4.69) is 15.5 Å². The second kappa shape index (κ2) is 13.0. The van der Waals surface area contributed by atoms with Crippen molar-refractivity contribution in [2.75, 3.05) is 12.9 Å². The number of ether oxygens (including phenoxy) is 1. The number of carbonyl (C=O) groups is 2. The Morgan fingerprint density at radius 1 is 1.00 bits per heavy atom. The number of carbonyl (C=O) groups excluding carboxylic acids is 2. The standard InChI is InChI=1S/C32H27FN6O4S/c1-42-25-15-11-21(12-16-25)26-18-27(22-9-13-23(33)14-10-22)39(37-26)30(40)20-44-32-36-35-29(38(32)24-6-3-2-4-7-24)19-34-31(41)28-8-5-17-43-28/h2-17,27H,18-20H2,1H3,(H,34,41)/t27-/m1/s1. The van der Waals surface area contributed by atoms with E-state index >= 15 is 0 Å². The first-order chi connectivity index (χ1) is 21.5. The summed E-state index contributed by atoms with van der Waals surface area (Å²) in [5, 5.41) is 18.1. The lowest BCUT2D eigenvalue weighted by Crippen LogP contribution is -2.28. The van der Waals surface area contributed by atoms with Crippen LogP contribution < -0.4 is 10.1 Å². The Hall–Kier alpha value is -5.23. The molecule has 0 unspecified atom stereocenters. The van der Waals surface area contributed by atoms with Gasteiger partial charge in [0.25, 0.3) is 11.8 Å². The SMILES string of the molecule is COc1ccc(C2=NN(C(=O)CSc3nnc(CNC(=O)c4ccco4)n3-c3ccccc3)[C@@H](c3ccc(F)cc3)C2)cc1. The molecule has 5 aromatic rings. The van der Waals surface area contributed by atoms with Gasteiger partial charge in [0.05, 0.1) is 37.4 Å². The van der Waals surface area contributed by atoms with Gasteiger partial charge in [-0.15, -0.1) is 10.2 Å². The fourth-order valence-corrected chi connectivity index (χ4v) is 5.66. The first-order valence-corrected chi connectivity index (χ1v) is 14.7. The molecule has 0 saturated heterocycles. The monoisotopic (exact) mass is 610 g/mol. The molecule has 0 bridgehead atoms. The van der Waals surface area contributed by atoms with Crippen LogP contribution in [0, 0.1) is 5.82 Å². The number of thioether (sulfide) groups is 1. The van der Waals surface area contributed by atoms with Crippen molar-refractivity contribution in [1.82, 2.24) is 25.1 Å². The van der Waals surface area contributed by atoms with Crippen LogP contribution in [0.4, 0.5) is 4.39 Å². The van der Waals surface area contributed by atoms with Crippen LogP contribution in [0.3, 0.4) is 0 Å². The molecule has 1 aliphatic rings. The van der Waals surface area contributed by atoms with Gasteiger partial charge in [-0.1, -0.05) is 42.1 Å². The Labute approximate surface area is 256 Å². The number of benzene rings is 3. The fourth-order valence-electron chi connectivity index (χ4n) is 4.83. The van der Waals surface area contributed by atoms with Crippen molar-refractivity contribution in [3.05, 3.63) is 126 Å². The fraction of sp³-hybridized carbons (Fsp3) is 0.156. The summed E-state index contributed by atoms with van der Waals surface area (Å²) in [4.78, 5) is 26.2. The highest BCUT2D eigenvalue weighted by Gasteiger charge is 2.33. The van der Waals surface area contributed by atoms with Crippen molar-refractivity contribution in [1.29, 1.82) is 0 Å². The Balaban J connectivity index is 1.23. The molecule has 10 nitrogen and oxygen atoms in total. The zero-order valence-electron chi connectivity index (χ0n) is 23.6. The molecule has 1 aliphatic heterocycles. The number of aromatic nitrogens is 3. The van der Waals surface area contributed by atoms with Crippen LogP contribution in [-0.2, 0) is 11.3 Å².